The zero-order valence-corrected chi connectivity index (χ0v) is 9.43. The van der Waals surface area contributed by atoms with Gasteiger partial charge in [0.25, 0.3) is 0 Å². The zero-order valence-electron chi connectivity index (χ0n) is 9.43. The van der Waals surface area contributed by atoms with Gasteiger partial charge >= 0.3 is 0 Å². The monoisotopic (exact) mass is 230 g/mol. The Morgan fingerprint density at radius 3 is 2.82 bits per heavy atom. The van der Waals surface area contributed by atoms with Gasteiger partial charge in [0.1, 0.15) is 5.69 Å². The molecule has 2 aromatic rings. The Morgan fingerprint density at radius 2 is 2.06 bits per heavy atom. The quantitative estimate of drug-likeness (QED) is 0.775. The SMILES string of the molecule is c1cnc(-c2cc(N3CCNCC3)n[nH]2)cn1. The number of rotatable bonds is 2. The third kappa shape index (κ3) is 2.12. The summed E-state index contributed by atoms with van der Waals surface area (Å²) in [6.07, 6.45) is 5.08. The second-order valence-corrected chi connectivity index (χ2v) is 3.97. The van der Waals surface area contributed by atoms with Gasteiger partial charge in [-0.15, -0.1) is 0 Å². The van der Waals surface area contributed by atoms with E-state index in [9.17, 15) is 0 Å². The van der Waals surface area contributed by atoms with E-state index in [1.807, 2.05) is 6.07 Å². The summed E-state index contributed by atoms with van der Waals surface area (Å²) in [7, 11) is 0. The van der Waals surface area contributed by atoms with Gasteiger partial charge in [0, 0.05) is 44.6 Å². The van der Waals surface area contributed by atoms with Crippen LogP contribution in [0.5, 0.6) is 0 Å². The van der Waals surface area contributed by atoms with Gasteiger partial charge in [-0.25, -0.2) is 0 Å². The molecule has 88 valence electrons. The van der Waals surface area contributed by atoms with Crippen molar-refractivity contribution in [2.75, 3.05) is 31.1 Å². The van der Waals surface area contributed by atoms with E-state index in [0.29, 0.717) is 0 Å². The summed E-state index contributed by atoms with van der Waals surface area (Å²) in [5.74, 6) is 0.979. The van der Waals surface area contributed by atoms with E-state index in [1.54, 1.807) is 18.6 Å². The van der Waals surface area contributed by atoms with E-state index in [-0.39, 0.29) is 0 Å². The molecule has 1 aliphatic heterocycles. The summed E-state index contributed by atoms with van der Waals surface area (Å²) in [6.45, 7) is 4.00. The topological polar surface area (TPSA) is 69.7 Å². The lowest BCUT2D eigenvalue weighted by atomic mass is 10.3. The second-order valence-electron chi connectivity index (χ2n) is 3.97. The summed E-state index contributed by atoms with van der Waals surface area (Å²) in [5, 5.41) is 10.6. The molecule has 0 bridgehead atoms. The molecule has 2 aromatic heterocycles. The van der Waals surface area contributed by atoms with E-state index in [2.05, 4.69) is 30.4 Å². The summed E-state index contributed by atoms with van der Waals surface area (Å²) >= 11 is 0. The van der Waals surface area contributed by atoms with Crippen LogP contribution in [0.4, 0.5) is 5.82 Å². The van der Waals surface area contributed by atoms with Crippen LogP contribution in [-0.4, -0.2) is 46.3 Å². The Balaban J connectivity index is 1.83. The van der Waals surface area contributed by atoms with Gasteiger partial charge in [0.05, 0.1) is 11.9 Å². The first-order valence-corrected chi connectivity index (χ1v) is 5.71. The Bertz CT molecular complexity index is 474. The van der Waals surface area contributed by atoms with Crippen LogP contribution in [0, 0.1) is 0 Å². The predicted molar refractivity (Wildman–Crippen MR) is 64.7 cm³/mol. The summed E-state index contributed by atoms with van der Waals surface area (Å²) in [4.78, 5) is 10.5. The average Bonchev–Trinajstić information content (AvgIpc) is 2.90. The van der Waals surface area contributed by atoms with Crippen LogP contribution in [0.25, 0.3) is 11.4 Å². The molecule has 1 fully saturated rings. The first kappa shape index (κ1) is 10.2. The highest BCUT2D eigenvalue weighted by atomic mass is 15.3. The summed E-state index contributed by atoms with van der Waals surface area (Å²) in [5.41, 5.74) is 1.73. The van der Waals surface area contributed by atoms with Gasteiger partial charge in [-0.2, -0.15) is 5.10 Å². The van der Waals surface area contributed by atoms with Crippen molar-refractivity contribution >= 4 is 5.82 Å². The Hall–Kier alpha value is -1.95. The minimum absolute atomic E-state index is 0.821. The average molecular weight is 230 g/mol. The van der Waals surface area contributed by atoms with Crippen LogP contribution in [0.2, 0.25) is 0 Å². The minimum Gasteiger partial charge on any atom is -0.353 e. The van der Waals surface area contributed by atoms with Crippen LogP contribution in [0.3, 0.4) is 0 Å². The summed E-state index contributed by atoms with van der Waals surface area (Å²) in [6, 6.07) is 2.02. The van der Waals surface area contributed by atoms with Crippen molar-refractivity contribution in [2.45, 2.75) is 0 Å². The first-order valence-electron chi connectivity index (χ1n) is 5.71. The molecule has 0 atom stereocenters. The smallest absolute Gasteiger partial charge is 0.151 e. The number of piperazine rings is 1. The molecule has 0 radical (unpaired) electrons. The molecule has 17 heavy (non-hydrogen) atoms. The van der Waals surface area contributed by atoms with Crippen LogP contribution in [0.15, 0.2) is 24.7 Å². The molecule has 6 nitrogen and oxygen atoms in total. The molecule has 0 aliphatic carbocycles. The number of anilines is 1. The van der Waals surface area contributed by atoms with Crippen molar-refractivity contribution in [2.24, 2.45) is 0 Å². The lowest BCUT2D eigenvalue weighted by Crippen LogP contribution is -2.43. The molecule has 1 aliphatic rings. The maximum Gasteiger partial charge on any atom is 0.151 e. The van der Waals surface area contributed by atoms with Gasteiger partial charge in [0.15, 0.2) is 5.82 Å². The van der Waals surface area contributed by atoms with E-state index in [4.69, 9.17) is 0 Å². The summed E-state index contributed by atoms with van der Waals surface area (Å²) < 4.78 is 0. The number of H-pyrrole nitrogens is 1. The number of aromatic amines is 1. The van der Waals surface area contributed by atoms with Crippen molar-refractivity contribution in [3.8, 4) is 11.4 Å². The molecule has 0 aromatic carbocycles. The largest absolute Gasteiger partial charge is 0.353 e. The molecule has 0 saturated carbocycles. The zero-order chi connectivity index (χ0) is 11.5. The number of hydrogen-bond acceptors (Lipinski definition) is 5. The van der Waals surface area contributed by atoms with Crippen molar-refractivity contribution in [3.63, 3.8) is 0 Å². The fraction of sp³-hybridized carbons (Fsp3) is 0.364. The highest BCUT2D eigenvalue weighted by molar-refractivity contribution is 5.58. The number of hydrogen-bond donors (Lipinski definition) is 2. The molecule has 2 N–H and O–H groups in total. The standard InChI is InChI=1S/C11H14N6/c1-2-14-10(8-13-1)9-7-11(16-15-9)17-5-3-12-4-6-17/h1-2,7-8,12H,3-6H2,(H,15,16). The van der Waals surface area contributed by atoms with Crippen LogP contribution in [0.1, 0.15) is 0 Å². The molecule has 1 saturated heterocycles. The van der Waals surface area contributed by atoms with Gasteiger partial charge < -0.3 is 10.2 Å². The highest BCUT2D eigenvalue weighted by Crippen LogP contribution is 2.19. The molecule has 0 amide bonds. The van der Waals surface area contributed by atoms with E-state index < -0.39 is 0 Å². The highest BCUT2D eigenvalue weighted by Gasteiger charge is 2.14. The van der Waals surface area contributed by atoms with Crippen LogP contribution in [-0.2, 0) is 0 Å². The van der Waals surface area contributed by atoms with Gasteiger partial charge in [-0.05, 0) is 0 Å². The lowest BCUT2D eigenvalue weighted by molar-refractivity contribution is 0.584. The van der Waals surface area contributed by atoms with E-state index in [0.717, 1.165) is 43.4 Å². The van der Waals surface area contributed by atoms with Crippen molar-refractivity contribution in [1.29, 1.82) is 0 Å². The van der Waals surface area contributed by atoms with E-state index >= 15 is 0 Å². The fourth-order valence-electron chi connectivity index (χ4n) is 1.94. The van der Waals surface area contributed by atoms with Crippen molar-refractivity contribution in [3.05, 3.63) is 24.7 Å². The Kier molecular flexibility index (Phi) is 2.71. The number of aromatic nitrogens is 4. The Labute approximate surface area is 99.1 Å². The molecule has 6 heteroatoms. The molecular formula is C11H14N6. The maximum absolute atomic E-state index is 4.32. The molecular weight excluding hydrogens is 216 g/mol. The fourth-order valence-corrected chi connectivity index (χ4v) is 1.94. The molecule has 3 rings (SSSR count). The molecule has 0 spiro atoms. The molecule has 0 unspecified atom stereocenters. The van der Waals surface area contributed by atoms with Crippen LogP contribution >= 0.6 is 0 Å². The maximum atomic E-state index is 4.32. The minimum atomic E-state index is 0.821. The van der Waals surface area contributed by atoms with Gasteiger partial charge in [0.2, 0.25) is 0 Å². The van der Waals surface area contributed by atoms with Crippen LogP contribution < -0.4 is 10.2 Å². The van der Waals surface area contributed by atoms with Crippen molar-refractivity contribution < 1.29 is 0 Å². The van der Waals surface area contributed by atoms with E-state index in [1.165, 1.54) is 0 Å². The third-order valence-corrected chi connectivity index (χ3v) is 2.84. The number of nitrogens with one attached hydrogen (secondary N) is 2. The van der Waals surface area contributed by atoms with Gasteiger partial charge in [-0.3, -0.25) is 15.1 Å². The third-order valence-electron chi connectivity index (χ3n) is 2.84. The van der Waals surface area contributed by atoms with Gasteiger partial charge in [-0.1, -0.05) is 0 Å². The van der Waals surface area contributed by atoms with Crippen molar-refractivity contribution in [1.82, 2.24) is 25.5 Å². The second kappa shape index (κ2) is 4.50. The Morgan fingerprint density at radius 1 is 1.18 bits per heavy atom. The number of nitrogens with zero attached hydrogens (tertiary/aromatic N) is 4. The molecule has 3 heterocycles. The predicted octanol–water partition coefficient (Wildman–Crippen LogP) is 0.276. The lowest BCUT2D eigenvalue weighted by Gasteiger charge is -2.26. The normalized spacial score (nSPS) is 16.1. The first-order chi connectivity index (χ1) is 8.43.